The van der Waals surface area contributed by atoms with Crippen molar-refractivity contribution in [3.05, 3.63) is 0 Å². The lowest BCUT2D eigenvalue weighted by Gasteiger charge is -2.17. The van der Waals surface area contributed by atoms with Crippen LogP contribution in [0.3, 0.4) is 0 Å². The number of carbonyl (C=O) groups is 2. The Labute approximate surface area is 135 Å². The maximum Gasteiger partial charge on any atom is 0.303 e. The first-order chi connectivity index (χ1) is 10.6. The summed E-state index contributed by atoms with van der Waals surface area (Å²) in [5, 5.41) is 8.59. The lowest BCUT2D eigenvalue weighted by Crippen LogP contribution is -2.16. The van der Waals surface area contributed by atoms with Gasteiger partial charge in [0.2, 0.25) is 0 Å². The van der Waals surface area contributed by atoms with E-state index >= 15 is 0 Å². The van der Waals surface area contributed by atoms with Crippen molar-refractivity contribution in [3.63, 3.8) is 0 Å². The summed E-state index contributed by atoms with van der Waals surface area (Å²) in [6.07, 6.45) is 13.4. The lowest BCUT2D eigenvalue weighted by atomic mass is 10.0. The number of hydrogen-bond acceptors (Lipinski definition) is 3. The van der Waals surface area contributed by atoms with E-state index < -0.39 is 5.97 Å². The number of carboxylic acids is 1. The Kier molecular flexibility index (Phi) is 14.1. The number of rotatable bonds is 15. The first-order valence-corrected chi connectivity index (χ1v) is 8.95. The van der Waals surface area contributed by atoms with Gasteiger partial charge in [0, 0.05) is 13.3 Å². The fraction of sp³-hybridized carbons (Fsp3) is 0.889. The van der Waals surface area contributed by atoms with Gasteiger partial charge in [0.05, 0.1) is 0 Å². The van der Waals surface area contributed by atoms with Crippen LogP contribution in [0.4, 0.5) is 0 Å². The topological polar surface area (TPSA) is 63.6 Å². The fourth-order valence-electron chi connectivity index (χ4n) is 2.65. The van der Waals surface area contributed by atoms with Crippen LogP contribution in [0.15, 0.2) is 0 Å². The molecule has 1 atom stereocenters. The number of ether oxygens (including phenoxy) is 1. The average Bonchev–Trinajstić information content (AvgIpc) is 2.44. The van der Waals surface area contributed by atoms with E-state index in [0.29, 0.717) is 6.42 Å². The summed E-state index contributed by atoms with van der Waals surface area (Å²) in [5.41, 5.74) is 0. The molecule has 130 valence electrons. The van der Waals surface area contributed by atoms with Crippen LogP contribution in [0.2, 0.25) is 0 Å². The minimum atomic E-state index is -0.736. The summed E-state index contributed by atoms with van der Waals surface area (Å²) < 4.78 is 5.37. The van der Waals surface area contributed by atoms with Crippen molar-refractivity contribution in [2.45, 2.75) is 103 Å². The number of carbonyl (C=O) groups excluding carboxylic acids is 1. The van der Waals surface area contributed by atoms with Crippen LogP contribution >= 0.6 is 0 Å². The van der Waals surface area contributed by atoms with Gasteiger partial charge in [-0.3, -0.25) is 9.59 Å². The van der Waals surface area contributed by atoms with Gasteiger partial charge in [-0.05, 0) is 32.1 Å². The van der Waals surface area contributed by atoms with Crippen LogP contribution in [-0.2, 0) is 14.3 Å². The van der Waals surface area contributed by atoms with E-state index in [2.05, 4.69) is 6.92 Å². The molecular weight excluding hydrogens is 280 g/mol. The fourth-order valence-corrected chi connectivity index (χ4v) is 2.65. The van der Waals surface area contributed by atoms with Crippen LogP contribution < -0.4 is 0 Å². The van der Waals surface area contributed by atoms with Crippen molar-refractivity contribution < 1.29 is 19.4 Å². The number of esters is 1. The third-order valence-electron chi connectivity index (χ3n) is 3.88. The van der Waals surface area contributed by atoms with E-state index in [1.54, 1.807) is 0 Å². The highest BCUT2D eigenvalue weighted by Crippen LogP contribution is 2.16. The Balaban J connectivity index is 3.69. The SMILES string of the molecule is CCCCCCCCCC(CCCCCC(=O)O)OC(C)=O. The summed E-state index contributed by atoms with van der Waals surface area (Å²) in [5.74, 6) is -0.946. The zero-order chi connectivity index (χ0) is 16.6. The van der Waals surface area contributed by atoms with Gasteiger partial charge in [0.15, 0.2) is 0 Å². The van der Waals surface area contributed by atoms with Crippen LogP contribution in [-0.4, -0.2) is 23.1 Å². The van der Waals surface area contributed by atoms with Crippen molar-refractivity contribution >= 4 is 11.9 Å². The molecule has 0 aliphatic heterocycles. The second-order valence-electron chi connectivity index (χ2n) is 6.13. The van der Waals surface area contributed by atoms with E-state index in [1.807, 2.05) is 0 Å². The summed E-state index contributed by atoms with van der Waals surface area (Å²) in [6.45, 7) is 3.68. The van der Waals surface area contributed by atoms with Gasteiger partial charge >= 0.3 is 11.9 Å². The first-order valence-electron chi connectivity index (χ1n) is 8.95. The summed E-state index contributed by atoms with van der Waals surface area (Å²) in [6, 6.07) is 0. The zero-order valence-electron chi connectivity index (χ0n) is 14.4. The number of aliphatic carboxylic acids is 1. The van der Waals surface area contributed by atoms with E-state index in [4.69, 9.17) is 9.84 Å². The van der Waals surface area contributed by atoms with Crippen molar-refractivity contribution in [2.75, 3.05) is 0 Å². The molecule has 0 amide bonds. The largest absolute Gasteiger partial charge is 0.481 e. The Morgan fingerprint density at radius 2 is 1.36 bits per heavy atom. The molecule has 4 heteroatoms. The van der Waals surface area contributed by atoms with Crippen molar-refractivity contribution in [1.82, 2.24) is 0 Å². The lowest BCUT2D eigenvalue weighted by molar-refractivity contribution is -0.147. The summed E-state index contributed by atoms with van der Waals surface area (Å²) >= 11 is 0. The molecule has 0 rings (SSSR count). The third-order valence-corrected chi connectivity index (χ3v) is 3.88. The molecule has 0 saturated carbocycles. The molecular formula is C18H34O4. The van der Waals surface area contributed by atoms with Gasteiger partial charge in [0.25, 0.3) is 0 Å². The van der Waals surface area contributed by atoms with Crippen molar-refractivity contribution in [1.29, 1.82) is 0 Å². The van der Waals surface area contributed by atoms with Gasteiger partial charge in [0.1, 0.15) is 6.10 Å². The highest BCUT2D eigenvalue weighted by atomic mass is 16.5. The van der Waals surface area contributed by atoms with E-state index in [1.165, 1.54) is 45.4 Å². The summed E-state index contributed by atoms with van der Waals surface area (Å²) in [4.78, 5) is 21.6. The molecule has 0 spiro atoms. The Hall–Kier alpha value is -1.06. The number of hydrogen-bond donors (Lipinski definition) is 1. The molecule has 0 fully saturated rings. The predicted molar refractivity (Wildman–Crippen MR) is 88.9 cm³/mol. The molecule has 0 heterocycles. The molecule has 0 aliphatic rings. The second kappa shape index (κ2) is 14.9. The number of unbranched alkanes of at least 4 members (excludes halogenated alkanes) is 8. The molecule has 0 aromatic heterocycles. The highest BCUT2D eigenvalue weighted by molar-refractivity contribution is 5.66. The van der Waals surface area contributed by atoms with Crippen molar-refractivity contribution in [3.8, 4) is 0 Å². The van der Waals surface area contributed by atoms with Crippen molar-refractivity contribution in [2.24, 2.45) is 0 Å². The maximum atomic E-state index is 11.1. The van der Waals surface area contributed by atoms with Crippen LogP contribution in [0.25, 0.3) is 0 Å². The molecule has 0 bridgehead atoms. The molecule has 0 aromatic carbocycles. The third kappa shape index (κ3) is 15.3. The molecule has 0 radical (unpaired) electrons. The quantitative estimate of drug-likeness (QED) is 0.337. The average molecular weight is 314 g/mol. The molecule has 1 N–H and O–H groups in total. The van der Waals surface area contributed by atoms with E-state index in [-0.39, 0.29) is 18.5 Å². The van der Waals surface area contributed by atoms with Gasteiger partial charge in [-0.2, -0.15) is 0 Å². The zero-order valence-corrected chi connectivity index (χ0v) is 14.4. The molecule has 22 heavy (non-hydrogen) atoms. The molecule has 1 unspecified atom stereocenters. The maximum absolute atomic E-state index is 11.1. The normalized spacial score (nSPS) is 12.1. The molecule has 0 aliphatic carbocycles. The van der Waals surface area contributed by atoms with Crippen LogP contribution in [0.1, 0.15) is 97.3 Å². The van der Waals surface area contributed by atoms with Crippen LogP contribution in [0, 0.1) is 0 Å². The monoisotopic (exact) mass is 314 g/mol. The van der Waals surface area contributed by atoms with E-state index in [0.717, 1.165) is 32.1 Å². The standard InChI is InChI=1S/C18H34O4/c1-3-4-5-6-7-8-10-13-17(22-16(2)19)14-11-9-12-15-18(20)21/h17H,3-15H2,1-2H3,(H,20,21). The Morgan fingerprint density at radius 1 is 0.864 bits per heavy atom. The van der Waals surface area contributed by atoms with Gasteiger partial charge in [-0.25, -0.2) is 0 Å². The van der Waals surface area contributed by atoms with Gasteiger partial charge in [-0.1, -0.05) is 51.9 Å². The van der Waals surface area contributed by atoms with Crippen LogP contribution in [0.5, 0.6) is 0 Å². The van der Waals surface area contributed by atoms with E-state index in [9.17, 15) is 9.59 Å². The minimum Gasteiger partial charge on any atom is -0.481 e. The predicted octanol–water partition coefficient (Wildman–Crippen LogP) is 5.09. The molecule has 0 saturated heterocycles. The molecule has 4 nitrogen and oxygen atoms in total. The second-order valence-corrected chi connectivity index (χ2v) is 6.13. The smallest absolute Gasteiger partial charge is 0.303 e. The first kappa shape index (κ1) is 20.9. The van der Waals surface area contributed by atoms with Gasteiger partial charge in [-0.15, -0.1) is 0 Å². The molecule has 0 aromatic rings. The summed E-state index contributed by atoms with van der Waals surface area (Å²) in [7, 11) is 0. The Bertz CT molecular complexity index is 289. The number of carboxylic acid groups (broad SMARTS) is 1. The highest BCUT2D eigenvalue weighted by Gasteiger charge is 2.11. The minimum absolute atomic E-state index is 0.0120. The van der Waals surface area contributed by atoms with Gasteiger partial charge < -0.3 is 9.84 Å². The Morgan fingerprint density at radius 3 is 1.86 bits per heavy atom.